The van der Waals surface area contributed by atoms with Crippen molar-refractivity contribution in [2.75, 3.05) is 7.11 Å². The van der Waals surface area contributed by atoms with Crippen molar-refractivity contribution in [2.45, 2.75) is 27.1 Å². The molecule has 0 saturated heterocycles. The lowest BCUT2D eigenvalue weighted by Gasteiger charge is -2.12. The van der Waals surface area contributed by atoms with E-state index < -0.39 is 11.6 Å². The molecular weight excluding hydrogens is 300 g/mol. The van der Waals surface area contributed by atoms with Crippen molar-refractivity contribution < 1.29 is 23.8 Å². The summed E-state index contributed by atoms with van der Waals surface area (Å²) in [4.78, 5) is 23.6. The first-order valence-electron chi connectivity index (χ1n) is 7.01. The van der Waals surface area contributed by atoms with Crippen LogP contribution >= 0.6 is 0 Å². The molecule has 1 aromatic heterocycles. The second-order valence-corrected chi connectivity index (χ2v) is 4.39. The van der Waals surface area contributed by atoms with Crippen LogP contribution in [0.5, 0.6) is 5.75 Å². The molecule has 124 valence electrons. The molecule has 23 heavy (non-hydrogen) atoms. The Bertz CT molecular complexity index is 679. The number of allylic oxidation sites excluding steroid dienone is 4. The summed E-state index contributed by atoms with van der Waals surface area (Å²) in [6.07, 6.45) is 9.40. The van der Waals surface area contributed by atoms with Crippen LogP contribution in [0.25, 0.3) is 6.08 Å². The monoisotopic (exact) mass is 320 g/mol. The molecule has 0 unspecified atom stereocenters. The van der Waals surface area contributed by atoms with Crippen LogP contribution in [0.4, 0.5) is 0 Å². The zero-order chi connectivity index (χ0) is 17.2. The highest BCUT2D eigenvalue weighted by atomic mass is 16.5. The summed E-state index contributed by atoms with van der Waals surface area (Å²) >= 11 is 0. The maximum Gasteiger partial charge on any atom is 0.346 e. The molecule has 6 heteroatoms. The van der Waals surface area contributed by atoms with Gasteiger partial charge < -0.3 is 19.0 Å². The van der Waals surface area contributed by atoms with E-state index in [4.69, 9.17) is 13.9 Å². The van der Waals surface area contributed by atoms with Gasteiger partial charge in [0.05, 0.1) is 19.3 Å². The van der Waals surface area contributed by atoms with Crippen LogP contribution < -0.4 is 10.4 Å². The number of aliphatic hydroxyl groups is 1. The Kier molecular flexibility index (Phi) is 7.56. The normalized spacial score (nSPS) is 11.7. The van der Waals surface area contributed by atoms with E-state index in [1.54, 1.807) is 31.2 Å². The Labute approximate surface area is 134 Å². The first kappa shape index (κ1) is 18.4. The molecule has 1 N–H and O–H groups in total. The minimum absolute atomic E-state index is 0.0394. The molecule has 6 nitrogen and oxygen atoms in total. The first-order valence-corrected chi connectivity index (χ1v) is 7.01. The van der Waals surface area contributed by atoms with Crippen molar-refractivity contribution in [3.63, 3.8) is 0 Å². The average molecular weight is 320 g/mol. The standard InChI is InChI=1S/C17H20O6/c1-4-6-7-9-15(19)22-11-13-16(21-3)12(10-18)14(8-5-2)23-17(13)20/h4-9,18H,10-11H2,1-3H3/b6-4+,8-5+,9-7+. The second-order valence-electron chi connectivity index (χ2n) is 4.39. The maximum atomic E-state index is 12.1. The number of rotatable bonds is 7. The van der Waals surface area contributed by atoms with E-state index in [1.165, 1.54) is 19.3 Å². The molecule has 0 aliphatic heterocycles. The van der Waals surface area contributed by atoms with E-state index in [0.29, 0.717) is 5.56 Å². The molecule has 0 amide bonds. The molecule has 0 aliphatic carbocycles. The summed E-state index contributed by atoms with van der Waals surface area (Å²) in [6.45, 7) is 2.87. The minimum atomic E-state index is -0.683. The zero-order valence-electron chi connectivity index (χ0n) is 13.4. The second kappa shape index (κ2) is 9.42. The maximum absolute atomic E-state index is 12.1. The Balaban J connectivity index is 3.12. The predicted octanol–water partition coefficient (Wildman–Crippen LogP) is 2.35. The van der Waals surface area contributed by atoms with Crippen molar-refractivity contribution in [3.8, 4) is 5.75 Å². The van der Waals surface area contributed by atoms with Gasteiger partial charge in [0.2, 0.25) is 0 Å². The van der Waals surface area contributed by atoms with Crippen LogP contribution in [0.2, 0.25) is 0 Å². The van der Waals surface area contributed by atoms with Crippen LogP contribution in [-0.4, -0.2) is 18.2 Å². The van der Waals surface area contributed by atoms with E-state index in [9.17, 15) is 14.7 Å². The fourth-order valence-electron chi connectivity index (χ4n) is 1.85. The van der Waals surface area contributed by atoms with Crippen molar-refractivity contribution in [2.24, 2.45) is 0 Å². The number of aliphatic hydroxyl groups excluding tert-OH is 1. The Hall–Kier alpha value is -2.60. The third-order valence-electron chi connectivity index (χ3n) is 2.87. The molecule has 1 heterocycles. The van der Waals surface area contributed by atoms with Gasteiger partial charge in [-0.1, -0.05) is 24.3 Å². The highest BCUT2D eigenvalue weighted by Gasteiger charge is 2.20. The summed E-state index contributed by atoms with van der Waals surface area (Å²) in [5.74, 6) is -0.241. The SMILES string of the molecule is C/C=C/C=C/C(=O)OCc1c(OC)c(CO)c(/C=C/C)oc1=O. The molecular formula is C17H20O6. The molecule has 0 spiro atoms. The van der Waals surface area contributed by atoms with Gasteiger partial charge in [-0.25, -0.2) is 9.59 Å². The number of hydrogen-bond acceptors (Lipinski definition) is 6. The molecule has 0 atom stereocenters. The van der Waals surface area contributed by atoms with E-state index in [2.05, 4.69) is 0 Å². The number of ether oxygens (including phenoxy) is 2. The third kappa shape index (κ3) is 4.96. The van der Waals surface area contributed by atoms with Gasteiger partial charge in [0.1, 0.15) is 23.7 Å². The summed E-state index contributed by atoms with van der Waals surface area (Å²) < 4.78 is 15.3. The average Bonchev–Trinajstić information content (AvgIpc) is 2.53. The summed E-state index contributed by atoms with van der Waals surface area (Å²) in [7, 11) is 1.37. The lowest BCUT2D eigenvalue weighted by atomic mass is 10.1. The number of methoxy groups -OCH3 is 1. The summed E-state index contributed by atoms with van der Waals surface area (Å²) in [5.41, 5.74) is -0.323. The molecule has 1 rings (SSSR count). The van der Waals surface area contributed by atoms with Crippen LogP contribution in [0.3, 0.4) is 0 Å². The number of esters is 1. The van der Waals surface area contributed by atoms with Gasteiger partial charge in [-0.15, -0.1) is 0 Å². The van der Waals surface area contributed by atoms with E-state index in [0.717, 1.165) is 0 Å². The largest absolute Gasteiger partial charge is 0.496 e. The van der Waals surface area contributed by atoms with Crippen molar-refractivity contribution in [1.82, 2.24) is 0 Å². The number of hydrogen-bond donors (Lipinski definition) is 1. The first-order chi connectivity index (χ1) is 11.1. The van der Waals surface area contributed by atoms with Gasteiger partial charge in [0.15, 0.2) is 0 Å². The lowest BCUT2D eigenvalue weighted by Crippen LogP contribution is -2.16. The quantitative estimate of drug-likeness (QED) is 0.471. The smallest absolute Gasteiger partial charge is 0.346 e. The van der Waals surface area contributed by atoms with Crippen molar-refractivity contribution in [1.29, 1.82) is 0 Å². The van der Waals surface area contributed by atoms with Gasteiger partial charge >= 0.3 is 11.6 Å². The van der Waals surface area contributed by atoms with Crippen LogP contribution in [0.1, 0.15) is 30.7 Å². The van der Waals surface area contributed by atoms with Gasteiger partial charge in [0, 0.05) is 6.08 Å². The topological polar surface area (TPSA) is 86.0 Å². The molecule has 0 fully saturated rings. The van der Waals surface area contributed by atoms with E-state index in [1.807, 2.05) is 6.92 Å². The Morgan fingerprint density at radius 1 is 1.22 bits per heavy atom. The fourth-order valence-corrected chi connectivity index (χ4v) is 1.85. The molecule has 0 bridgehead atoms. The van der Waals surface area contributed by atoms with Gasteiger partial charge in [0.25, 0.3) is 0 Å². The highest BCUT2D eigenvalue weighted by Crippen LogP contribution is 2.26. The van der Waals surface area contributed by atoms with Crippen molar-refractivity contribution >= 4 is 12.0 Å². The number of carbonyl (C=O) groups is 1. The van der Waals surface area contributed by atoms with Crippen molar-refractivity contribution in [3.05, 3.63) is 57.7 Å². The summed E-state index contributed by atoms with van der Waals surface area (Å²) in [6, 6.07) is 0. The molecule has 0 aliphatic rings. The Morgan fingerprint density at radius 3 is 2.52 bits per heavy atom. The lowest BCUT2D eigenvalue weighted by molar-refractivity contribution is -0.139. The predicted molar refractivity (Wildman–Crippen MR) is 85.9 cm³/mol. The van der Waals surface area contributed by atoms with Crippen LogP contribution in [0, 0.1) is 0 Å². The van der Waals surface area contributed by atoms with Crippen LogP contribution in [0.15, 0.2) is 39.6 Å². The highest BCUT2D eigenvalue weighted by molar-refractivity contribution is 5.82. The van der Waals surface area contributed by atoms with Gasteiger partial charge in [-0.2, -0.15) is 0 Å². The molecule has 1 aromatic rings. The molecule has 0 aromatic carbocycles. The minimum Gasteiger partial charge on any atom is -0.496 e. The zero-order valence-corrected chi connectivity index (χ0v) is 13.4. The third-order valence-corrected chi connectivity index (χ3v) is 2.87. The molecule has 0 saturated carbocycles. The van der Waals surface area contributed by atoms with Gasteiger partial charge in [-0.05, 0) is 19.9 Å². The fraction of sp³-hybridized carbons (Fsp3) is 0.294. The molecule has 0 radical (unpaired) electrons. The van der Waals surface area contributed by atoms with Gasteiger partial charge in [-0.3, -0.25) is 0 Å². The summed E-state index contributed by atoms with van der Waals surface area (Å²) in [5, 5.41) is 9.49. The van der Waals surface area contributed by atoms with E-state index >= 15 is 0 Å². The van der Waals surface area contributed by atoms with Crippen LogP contribution in [-0.2, 0) is 22.7 Å². The van der Waals surface area contributed by atoms with E-state index in [-0.39, 0.29) is 30.3 Å². The Morgan fingerprint density at radius 2 is 1.96 bits per heavy atom. The number of carbonyl (C=O) groups excluding carboxylic acids is 1.